The van der Waals surface area contributed by atoms with E-state index in [9.17, 15) is 9.18 Å². The SMILES string of the molecule is CC(C)[C@@H](N)C(=O)Nc1ccc(Br)c(F)c1.Cl. The molecule has 1 amide bonds. The summed E-state index contributed by atoms with van der Waals surface area (Å²) in [6, 6.07) is 3.80. The average Bonchev–Trinajstić information content (AvgIpc) is 2.22. The third-order valence-electron chi connectivity index (χ3n) is 2.21. The molecule has 1 rings (SSSR count). The molecule has 0 aliphatic heterocycles. The number of nitrogens with one attached hydrogen (secondary N) is 1. The quantitative estimate of drug-likeness (QED) is 0.898. The number of nitrogens with two attached hydrogens (primary N) is 1. The maximum Gasteiger partial charge on any atom is 0.241 e. The van der Waals surface area contributed by atoms with E-state index in [-0.39, 0.29) is 24.2 Å². The predicted molar refractivity (Wildman–Crippen MR) is 72.8 cm³/mol. The van der Waals surface area contributed by atoms with Crippen molar-refractivity contribution in [2.45, 2.75) is 19.9 Å². The van der Waals surface area contributed by atoms with Crippen LogP contribution < -0.4 is 11.1 Å². The van der Waals surface area contributed by atoms with E-state index >= 15 is 0 Å². The topological polar surface area (TPSA) is 55.1 Å². The van der Waals surface area contributed by atoms with Crippen molar-refractivity contribution in [2.24, 2.45) is 11.7 Å². The number of carbonyl (C=O) groups excluding carboxylic acids is 1. The third kappa shape index (κ3) is 4.61. The molecule has 0 unspecified atom stereocenters. The van der Waals surface area contributed by atoms with Gasteiger partial charge in [0.05, 0.1) is 10.5 Å². The van der Waals surface area contributed by atoms with Crippen LogP contribution in [0.2, 0.25) is 0 Å². The van der Waals surface area contributed by atoms with Crippen molar-refractivity contribution < 1.29 is 9.18 Å². The first-order chi connectivity index (χ1) is 7.41. The van der Waals surface area contributed by atoms with Gasteiger partial charge in [0.2, 0.25) is 5.91 Å². The molecule has 3 N–H and O–H groups in total. The average molecular weight is 326 g/mol. The van der Waals surface area contributed by atoms with Crippen LogP contribution in [0, 0.1) is 11.7 Å². The molecule has 0 aromatic heterocycles. The van der Waals surface area contributed by atoms with Gasteiger partial charge in [-0.15, -0.1) is 12.4 Å². The van der Waals surface area contributed by atoms with E-state index in [0.717, 1.165) is 0 Å². The number of anilines is 1. The fraction of sp³-hybridized carbons (Fsp3) is 0.364. The number of amides is 1. The Morgan fingerprint density at radius 3 is 2.53 bits per heavy atom. The molecule has 1 atom stereocenters. The molecule has 0 saturated heterocycles. The Labute approximate surface area is 114 Å². The zero-order valence-electron chi connectivity index (χ0n) is 9.54. The number of benzene rings is 1. The van der Waals surface area contributed by atoms with Gasteiger partial charge in [0.1, 0.15) is 5.82 Å². The molecule has 0 aliphatic rings. The lowest BCUT2D eigenvalue weighted by molar-refractivity contribution is -0.118. The largest absolute Gasteiger partial charge is 0.325 e. The lowest BCUT2D eigenvalue weighted by Crippen LogP contribution is -2.39. The highest BCUT2D eigenvalue weighted by atomic mass is 79.9. The second kappa shape index (κ2) is 6.93. The van der Waals surface area contributed by atoms with E-state index in [1.54, 1.807) is 6.07 Å². The second-order valence-electron chi connectivity index (χ2n) is 3.89. The molecule has 1 aromatic carbocycles. The molecule has 1 aromatic rings. The molecule has 0 spiro atoms. The number of halogens is 3. The van der Waals surface area contributed by atoms with Crippen molar-refractivity contribution in [2.75, 3.05) is 5.32 Å². The van der Waals surface area contributed by atoms with E-state index < -0.39 is 11.9 Å². The molecule has 0 aliphatic carbocycles. The van der Waals surface area contributed by atoms with Crippen LogP contribution in [0.5, 0.6) is 0 Å². The summed E-state index contributed by atoms with van der Waals surface area (Å²) in [7, 11) is 0. The summed E-state index contributed by atoms with van der Waals surface area (Å²) in [6.07, 6.45) is 0. The lowest BCUT2D eigenvalue weighted by atomic mass is 10.1. The van der Waals surface area contributed by atoms with E-state index in [1.807, 2.05) is 13.8 Å². The molecule has 0 radical (unpaired) electrons. The number of carbonyl (C=O) groups is 1. The molecule has 3 nitrogen and oxygen atoms in total. The molecule has 0 saturated carbocycles. The Hall–Kier alpha value is -0.650. The monoisotopic (exact) mass is 324 g/mol. The van der Waals surface area contributed by atoms with Crippen LogP contribution >= 0.6 is 28.3 Å². The minimum atomic E-state index is -0.591. The summed E-state index contributed by atoms with van der Waals surface area (Å²) >= 11 is 3.04. The molecule has 0 fully saturated rings. The predicted octanol–water partition coefficient (Wildman–Crippen LogP) is 2.93. The Morgan fingerprint density at radius 1 is 1.47 bits per heavy atom. The fourth-order valence-electron chi connectivity index (χ4n) is 1.10. The van der Waals surface area contributed by atoms with Crippen LogP contribution in [-0.4, -0.2) is 11.9 Å². The van der Waals surface area contributed by atoms with Crippen molar-refractivity contribution in [3.63, 3.8) is 0 Å². The van der Waals surface area contributed by atoms with Gasteiger partial charge >= 0.3 is 0 Å². The highest BCUT2D eigenvalue weighted by molar-refractivity contribution is 9.10. The minimum absolute atomic E-state index is 0. The van der Waals surface area contributed by atoms with Gasteiger partial charge < -0.3 is 11.1 Å². The van der Waals surface area contributed by atoms with Gasteiger partial charge in [-0.1, -0.05) is 13.8 Å². The first-order valence-electron chi connectivity index (χ1n) is 4.93. The fourth-order valence-corrected chi connectivity index (χ4v) is 1.35. The maximum absolute atomic E-state index is 13.2. The molecule has 6 heteroatoms. The Bertz CT molecular complexity index is 401. The first-order valence-corrected chi connectivity index (χ1v) is 5.72. The van der Waals surface area contributed by atoms with E-state index in [0.29, 0.717) is 10.2 Å². The number of hydrogen-bond donors (Lipinski definition) is 2. The van der Waals surface area contributed by atoms with Gasteiger partial charge in [-0.2, -0.15) is 0 Å². The number of rotatable bonds is 3. The Balaban J connectivity index is 0.00000256. The van der Waals surface area contributed by atoms with E-state index in [4.69, 9.17) is 5.73 Å². The van der Waals surface area contributed by atoms with Gasteiger partial charge in [-0.25, -0.2) is 4.39 Å². The summed E-state index contributed by atoms with van der Waals surface area (Å²) in [6.45, 7) is 3.71. The molecule has 96 valence electrons. The Morgan fingerprint density at radius 2 is 2.06 bits per heavy atom. The van der Waals surface area contributed by atoms with Crippen LogP contribution in [0.4, 0.5) is 10.1 Å². The van der Waals surface area contributed by atoms with Crippen molar-refractivity contribution in [1.82, 2.24) is 0 Å². The first kappa shape index (κ1) is 16.4. The molecule has 17 heavy (non-hydrogen) atoms. The van der Waals surface area contributed by atoms with Gasteiger partial charge in [0.25, 0.3) is 0 Å². The van der Waals surface area contributed by atoms with Crippen LogP contribution in [0.25, 0.3) is 0 Å². The van der Waals surface area contributed by atoms with E-state index in [2.05, 4.69) is 21.2 Å². The Kier molecular flexibility index (Phi) is 6.67. The number of hydrogen-bond acceptors (Lipinski definition) is 2. The van der Waals surface area contributed by atoms with Crippen molar-refractivity contribution in [1.29, 1.82) is 0 Å². The summed E-state index contributed by atoms with van der Waals surface area (Å²) < 4.78 is 13.5. The van der Waals surface area contributed by atoms with Gasteiger partial charge in [-0.05, 0) is 40.0 Å². The normalized spacial score (nSPS) is 11.9. The van der Waals surface area contributed by atoms with Crippen LogP contribution in [0.1, 0.15) is 13.8 Å². The molecular weight excluding hydrogens is 310 g/mol. The highest BCUT2D eigenvalue weighted by Crippen LogP contribution is 2.19. The minimum Gasteiger partial charge on any atom is -0.325 e. The molecule has 0 heterocycles. The summed E-state index contributed by atoms with van der Waals surface area (Å²) in [4.78, 5) is 11.6. The summed E-state index contributed by atoms with van der Waals surface area (Å²) in [5, 5.41) is 2.57. The molecule has 0 bridgehead atoms. The van der Waals surface area contributed by atoms with Gasteiger partial charge in [-0.3, -0.25) is 4.79 Å². The zero-order chi connectivity index (χ0) is 12.3. The summed E-state index contributed by atoms with van der Waals surface area (Å²) in [5.41, 5.74) is 6.07. The third-order valence-corrected chi connectivity index (χ3v) is 2.85. The lowest BCUT2D eigenvalue weighted by Gasteiger charge is -2.15. The maximum atomic E-state index is 13.2. The highest BCUT2D eigenvalue weighted by Gasteiger charge is 2.17. The van der Waals surface area contributed by atoms with Crippen LogP contribution in [0.3, 0.4) is 0 Å². The van der Waals surface area contributed by atoms with Gasteiger partial charge in [0.15, 0.2) is 0 Å². The smallest absolute Gasteiger partial charge is 0.241 e. The van der Waals surface area contributed by atoms with Crippen molar-refractivity contribution >= 4 is 39.9 Å². The zero-order valence-corrected chi connectivity index (χ0v) is 11.9. The van der Waals surface area contributed by atoms with Crippen molar-refractivity contribution in [3.8, 4) is 0 Å². The molecular formula is C11H15BrClFN2O. The summed E-state index contributed by atoms with van der Waals surface area (Å²) in [5.74, 6) is -0.687. The van der Waals surface area contributed by atoms with Crippen LogP contribution in [0.15, 0.2) is 22.7 Å². The van der Waals surface area contributed by atoms with Crippen molar-refractivity contribution in [3.05, 3.63) is 28.5 Å². The standard InChI is InChI=1S/C11H14BrFN2O.ClH/c1-6(2)10(14)11(16)15-7-3-4-8(12)9(13)5-7;/h3-6,10H,14H2,1-2H3,(H,15,16);1H/t10-;/m1./s1. The van der Waals surface area contributed by atoms with E-state index in [1.165, 1.54) is 12.1 Å². The van der Waals surface area contributed by atoms with Crippen LogP contribution in [-0.2, 0) is 4.79 Å². The second-order valence-corrected chi connectivity index (χ2v) is 4.74. The van der Waals surface area contributed by atoms with Gasteiger partial charge in [0, 0.05) is 5.69 Å².